The molecule has 0 amide bonds. The molecule has 0 saturated carbocycles. The Morgan fingerprint density at radius 1 is 1.36 bits per heavy atom. The summed E-state index contributed by atoms with van der Waals surface area (Å²) in [5.74, 6) is 0.820. The van der Waals surface area contributed by atoms with Crippen molar-refractivity contribution in [3.63, 3.8) is 0 Å². The average molecular weight is 418 g/mol. The number of hydrogen-bond donors (Lipinski definition) is 2. The summed E-state index contributed by atoms with van der Waals surface area (Å²) in [4.78, 5) is 6.36. The second-order valence-corrected chi connectivity index (χ2v) is 5.51. The van der Waals surface area contributed by atoms with Gasteiger partial charge in [0.15, 0.2) is 5.96 Å². The van der Waals surface area contributed by atoms with Crippen molar-refractivity contribution < 1.29 is 4.74 Å². The first kappa shape index (κ1) is 19.0. The van der Waals surface area contributed by atoms with Gasteiger partial charge in [-0.1, -0.05) is 12.1 Å². The minimum Gasteiger partial charge on any atom is -0.378 e. The van der Waals surface area contributed by atoms with Crippen molar-refractivity contribution >= 4 is 35.6 Å². The lowest BCUT2D eigenvalue weighted by Crippen LogP contribution is -2.40. The van der Waals surface area contributed by atoms with Gasteiger partial charge in [-0.3, -0.25) is 4.99 Å². The number of halogens is 1. The van der Waals surface area contributed by atoms with Crippen molar-refractivity contribution in [3.05, 3.63) is 29.8 Å². The predicted octanol–water partition coefficient (Wildman–Crippen LogP) is 2.21. The van der Waals surface area contributed by atoms with Crippen LogP contribution < -0.4 is 15.5 Å². The van der Waals surface area contributed by atoms with E-state index in [1.807, 2.05) is 0 Å². The predicted molar refractivity (Wildman–Crippen MR) is 103 cm³/mol. The van der Waals surface area contributed by atoms with Gasteiger partial charge in [-0.15, -0.1) is 24.0 Å². The van der Waals surface area contributed by atoms with E-state index in [9.17, 15) is 0 Å². The quantitative estimate of drug-likeness (QED) is 0.438. The van der Waals surface area contributed by atoms with Gasteiger partial charge in [-0.05, 0) is 30.5 Å². The fourth-order valence-electron chi connectivity index (χ4n) is 2.37. The molecule has 1 aliphatic heterocycles. The summed E-state index contributed by atoms with van der Waals surface area (Å²) in [6.45, 7) is 2.46. The van der Waals surface area contributed by atoms with E-state index in [4.69, 9.17) is 4.74 Å². The van der Waals surface area contributed by atoms with Crippen LogP contribution in [0.1, 0.15) is 18.4 Å². The van der Waals surface area contributed by atoms with Gasteiger partial charge in [-0.2, -0.15) is 0 Å². The number of nitrogens with one attached hydrogen (secondary N) is 2. The van der Waals surface area contributed by atoms with Crippen LogP contribution in [0.15, 0.2) is 29.3 Å². The SMILES string of the molecule is CN=C(NCc1cccc(N(C)C)c1)NCC1CCCO1.I. The Balaban J connectivity index is 0.00000242. The van der Waals surface area contributed by atoms with E-state index in [-0.39, 0.29) is 24.0 Å². The molecular formula is C16H27IN4O. The van der Waals surface area contributed by atoms with Crippen LogP contribution in [-0.2, 0) is 11.3 Å². The second kappa shape index (κ2) is 9.89. The highest BCUT2D eigenvalue weighted by atomic mass is 127. The molecule has 2 N–H and O–H groups in total. The molecule has 1 unspecified atom stereocenters. The number of guanidine groups is 1. The highest BCUT2D eigenvalue weighted by Crippen LogP contribution is 2.13. The van der Waals surface area contributed by atoms with E-state index in [0.717, 1.165) is 38.5 Å². The van der Waals surface area contributed by atoms with Crippen molar-refractivity contribution in [2.75, 3.05) is 39.2 Å². The lowest BCUT2D eigenvalue weighted by Gasteiger charge is -2.16. The number of ether oxygens (including phenoxy) is 1. The molecule has 0 aromatic heterocycles. The molecule has 124 valence electrons. The maximum absolute atomic E-state index is 5.60. The average Bonchev–Trinajstić information content (AvgIpc) is 3.01. The molecule has 0 bridgehead atoms. The highest BCUT2D eigenvalue weighted by Gasteiger charge is 2.15. The molecule has 1 saturated heterocycles. The van der Waals surface area contributed by atoms with Crippen molar-refractivity contribution in [3.8, 4) is 0 Å². The summed E-state index contributed by atoms with van der Waals surface area (Å²) in [6.07, 6.45) is 2.62. The van der Waals surface area contributed by atoms with Gasteiger partial charge >= 0.3 is 0 Å². The molecule has 1 aromatic rings. The van der Waals surface area contributed by atoms with Crippen LogP contribution >= 0.6 is 24.0 Å². The lowest BCUT2D eigenvalue weighted by atomic mass is 10.2. The van der Waals surface area contributed by atoms with E-state index in [0.29, 0.717) is 6.10 Å². The largest absolute Gasteiger partial charge is 0.378 e. The Kier molecular flexibility index (Phi) is 8.55. The maximum atomic E-state index is 5.60. The number of aliphatic imine (C=N–C) groups is 1. The Bertz CT molecular complexity index is 473. The molecule has 1 fully saturated rings. The first-order chi connectivity index (χ1) is 10.2. The fraction of sp³-hybridized carbons (Fsp3) is 0.562. The summed E-state index contributed by atoms with van der Waals surface area (Å²) in [6, 6.07) is 8.48. The zero-order valence-corrected chi connectivity index (χ0v) is 16.0. The van der Waals surface area contributed by atoms with Crippen LogP contribution in [0.25, 0.3) is 0 Å². The number of anilines is 1. The van der Waals surface area contributed by atoms with Gasteiger partial charge in [0.2, 0.25) is 0 Å². The van der Waals surface area contributed by atoms with Crippen LogP contribution in [0.4, 0.5) is 5.69 Å². The Morgan fingerprint density at radius 2 is 2.18 bits per heavy atom. The van der Waals surface area contributed by atoms with Crippen molar-refractivity contribution in [1.82, 2.24) is 10.6 Å². The normalized spacial score (nSPS) is 17.8. The van der Waals surface area contributed by atoms with Crippen LogP contribution in [0, 0.1) is 0 Å². The van der Waals surface area contributed by atoms with Crippen LogP contribution in [0.5, 0.6) is 0 Å². The summed E-state index contributed by atoms with van der Waals surface area (Å²) in [7, 11) is 5.89. The Morgan fingerprint density at radius 3 is 2.82 bits per heavy atom. The van der Waals surface area contributed by atoms with Gasteiger partial charge < -0.3 is 20.3 Å². The van der Waals surface area contributed by atoms with Gasteiger partial charge in [0, 0.05) is 46.5 Å². The molecule has 6 heteroatoms. The number of benzene rings is 1. The monoisotopic (exact) mass is 418 g/mol. The Hall–Kier alpha value is -1.02. The third kappa shape index (κ3) is 6.00. The van der Waals surface area contributed by atoms with E-state index in [2.05, 4.69) is 58.9 Å². The number of rotatable bonds is 5. The summed E-state index contributed by atoms with van der Waals surface area (Å²) >= 11 is 0. The zero-order chi connectivity index (χ0) is 15.1. The molecule has 0 spiro atoms. The van der Waals surface area contributed by atoms with E-state index < -0.39 is 0 Å². The molecule has 0 aliphatic carbocycles. The van der Waals surface area contributed by atoms with E-state index in [1.165, 1.54) is 11.3 Å². The first-order valence-corrected chi connectivity index (χ1v) is 7.51. The highest BCUT2D eigenvalue weighted by molar-refractivity contribution is 14.0. The van der Waals surface area contributed by atoms with Crippen molar-refractivity contribution in [1.29, 1.82) is 0 Å². The van der Waals surface area contributed by atoms with Crippen LogP contribution in [-0.4, -0.2) is 46.4 Å². The number of nitrogens with zero attached hydrogens (tertiary/aromatic N) is 2. The van der Waals surface area contributed by atoms with Gasteiger partial charge in [0.05, 0.1) is 6.10 Å². The van der Waals surface area contributed by atoms with Gasteiger partial charge in [0.25, 0.3) is 0 Å². The first-order valence-electron chi connectivity index (χ1n) is 7.51. The lowest BCUT2D eigenvalue weighted by molar-refractivity contribution is 0.114. The zero-order valence-electron chi connectivity index (χ0n) is 13.6. The molecule has 5 nitrogen and oxygen atoms in total. The summed E-state index contributed by atoms with van der Waals surface area (Å²) in [5.41, 5.74) is 2.44. The topological polar surface area (TPSA) is 48.9 Å². The third-order valence-corrected chi connectivity index (χ3v) is 3.63. The number of hydrogen-bond acceptors (Lipinski definition) is 3. The molecular weight excluding hydrogens is 391 g/mol. The molecule has 1 heterocycles. The molecule has 1 aromatic carbocycles. The van der Waals surface area contributed by atoms with E-state index in [1.54, 1.807) is 7.05 Å². The van der Waals surface area contributed by atoms with Crippen molar-refractivity contribution in [2.24, 2.45) is 4.99 Å². The molecule has 0 radical (unpaired) electrons. The van der Waals surface area contributed by atoms with Crippen LogP contribution in [0.2, 0.25) is 0 Å². The minimum absolute atomic E-state index is 0. The summed E-state index contributed by atoms with van der Waals surface area (Å²) < 4.78 is 5.60. The standard InChI is InChI=1S/C16H26N4O.HI/c1-17-16(19-12-15-8-5-9-21-15)18-11-13-6-4-7-14(10-13)20(2)3;/h4,6-7,10,15H,5,8-9,11-12H2,1-3H3,(H2,17,18,19);1H. The third-order valence-electron chi connectivity index (χ3n) is 3.63. The van der Waals surface area contributed by atoms with E-state index >= 15 is 0 Å². The maximum Gasteiger partial charge on any atom is 0.191 e. The molecule has 2 rings (SSSR count). The Labute approximate surface area is 150 Å². The summed E-state index contributed by atoms with van der Waals surface area (Å²) in [5, 5.41) is 6.66. The fourth-order valence-corrected chi connectivity index (χ4v) is 2.37. The molecule has 22 heavy (non-hydrogen) atoms. The van der Waals surface area contributed by atoms with Gasteiger partial charge in [0.1, 0.15) is 0 Å². The molecule has 1 atom stereocenters. The second-order valence-electron chi connectivity index (χ2n) is 5.51. The van der Waals surface area contributed by atoms with Crippen LogP contribution in [0.3, 0.4) is 0 Å². The minimum atomic E-state index is 0. The van der Waals surface area contributed by atoms with Gasteiger partial charge in [-0.25, -0.2) is 0 Å². The smallest absolute Gasteiger partial charge is 0.191 e. The molecule has 1 aliphatic rings. The van der Waals surface area contributed by atoms with Crippen molar-refractivity contribution in [2.45, 2.75) is 25.5 Å².